The summed E-state index contributed by atoms with van der Waals surface area (Å²) in [5, 5.41) is 0. The van der Waals surface area contributed by atoms with E-state index in [4.69, 9.17) is 0 Å². The van der Waals surface area contributed by atoms with Crippen molar-refractivity contribution < 1.29 is 4.79 Å². The van der Waals surface area contributed by atoms with Crippen LogP contribution in [0.3, 0.4) is 0 Å². The Kier molecular flexibility index (Phi) is 5.78. The van der Waals surface area contributed by atoms with E-state index in [2.05, 4.69) is 11.9 Å². The van der Waals surface area contributed by atoms with Gasteiger partial charge in [-0.15, -0.1) is 0 Å². The molecule has 2 heteroatoms. The van der Waals surface area contributed by atoms with E-state index in [1.165, 1.54) is 32.1 Å². The fourth-order valence-electron chi connectivity index (χ4n) is 3.32. The largest absolute Gasteiger partial charge is 0.305 e. The number of hydrogen-bond acceptors (Lipinski definition) is 2. The van der Waals surface area contributed by atoms with Gasteiger partial charge in [-0.1, -0.05) is 56.5 Å². The topological polar surface area (TPSA) is 20.3 Å². The van der Waals surface area contributed by atoms with Gasteiger partial charge in [-0.2, -0.15) is 0 Å². The van der Waals surface area contributed by atoms with Crippen molar-refractivity contribution in [3.63, 3.8) is 0 Å². The molecule has 2 nitrogen and oxygen atoms in total. The molecule has 1 fully saturated rings. The number of benzene rings is 1. The summed E-state index contributed by atoms with van der Waals surface area (Å²) in [5.41, 5.74) is 0.839. The molecule has 110 valence electrons. The van der Waals surface area contributed by atoms with Crippen LogP contribution in [0.15, 0.2) is 30.3 Å². The lowest BCUT2D eigenvalue weighted by Gasteiger charge is -2.28. The molecule has 0 N–H and O–H groups in total. The molecule has 1 aromatic rings. The highest BCUT2D eigenvalue weighted by molar-refractivity contribution is 5.97. The Morgan fingerprint density at radius 2 is 1.85 bits per heavy atom. The van der Waals surface area contributed by atoms with Gasteiger partial charge in [0.15, 0.2) is 5.78 Å². The van der Waals surface area contributed by atoms with Crippen LogP contribution >= 0.6 is 0 Å². The summed E-state index contributed by atoms with van der Waals surface area (Å²) in [7, 11) is 2.16. The maximum atomic E-state index is 12.3. The van der Waals surface area contributed by atoms with E-state index < -0.39 is 0 Å². The third-order valence-electron chi connectivity index (χ3n) is 4.39. The Morgan fingerprint density at radius 1 is 1.20 bits per heavy atom. The van der Waals surface area contributed by atoms with Crippen molar-refractivity contribution >= 4 is 5.78 Å². The van der Waals surface area contributed by atoms with Gasteiger partial charge in [0.25, 0.3) is 0 Å². The first-order chi connectivity index (χ1) is 9.66. The molecule has 0 spiro atoms. The fourth-order valence-corrected chi connectivity index (χ4v) is 3.32. The molecule has 0 aliphatic heterocycles. The van der Waals surface area contributed by atoms with E-state index in [9.17, 15) is 4.79 Å². The molecule has 0 saturated heterocycles. The Labute approximate surface area is 123 Å². The molecule has 2 rings (SSSR count). The highest BCUT2D eigenvalue weighted by Crippen LogP contribution is 2.24. The normalized spacial score (nSPS) is 18.1. The van der Waals surface area contributed by atoms with Crippen molar-refractivity contribution in [2.45, 2.75) is 39.0 Å². The van der Waals surface area contributed by atoms with Crippen molar-refractivity contribution in [1.82, 2.24) is 4.90 Å². The van der Waals surface area contributed by atoms with Gasteiger partial charge >= 0.3 is 0 Å². The van der Waals surface area contributed by atoms with Gasteiger partial charge in [0, 0.05) is 24.6 Å². The molecule has 1 atom stereocenters. The van der Waals surface area contributed by atoms with E-state index in [0.717, 1.165) is 24.6 Å². The number of rotatable bonds is 6. The Morgan fingerprint density at radius 3 is 2.50 bits per heavy atom. The number of carbonyl (C=O) groups is 1. The lowest BCUT2D eigenvalue weighted by atomic mass is 9.88. The molecule has 1 aliphatic rings. The van der Waals surface area contributed by atoms with Crippen molar-refractivity contribution in [2.24, 2.45) is 11.8 Å². The third kappa shape index (κ3) is 4.45. The van der Waals surface area contributed by atoms with Gasteiger partial charge < -0.3 is 4.90 Å². The average molecular weight is 273 g/mol. The van der Waals surface area contributed by atoms with Crippen LogP contribution in [-0.2, 0) is 0 Å². The molecule has 1 aromatic carbocycles. The molecule has 20 heavy (non-hydrogen) atoms. The molecular weight excluding hydrogens is 246 g/mol. The van der Waals surface area contributed by atoms with Gasteiger partial charge in [-0.3, -0.25) is 4.79 Å². The van der Waals surface area contributed by atoms with Crippen LogP contribution in [0.2, 0.25) is 0 Å². The first-order valence-electron chi connectivity index (χ1n) is 7.94. The predicted molar refractivity (Wildman–Crippen MR) is 84.0 cm³/mol. The van der Waals surface area contributed by atoms with Crippen molar-refractivity contribution in [2.75, 3.05) is 20.1 Å². The van der Waals surface area contributed by atoms with Crippen LogP contribution in [0.1, 0.15) is 49.4 Å². The van der Waals surface area contributed by atoms with Crippen molar-refractivity contribution in [1.29, 1.82) is 0 Å². The zero-order chi connectivity index (χ0) is 14.4. The fraction of sp³-hybridized carbons (Fsp3) is 0.611. The monoisotopic (exact) mass is 273 g/mol. The van der Waals surface area contributed by atoms with E-state index >= 15 is 0 Å². The van der Waals surface area contributed by atoms with Gasteiger partial charge in [0.1, 0.15) is 0 Å². The van der Waals surface area contributed by atoms with Crippen LogP contribution in [-0.4, -0.2) is 30.8 Å². The summed E-state index contributed by atoms with van der Waals surface area (Å²) in [6, 6.07) is 9.66. The maximum absolute atomic E-state index is 12.3. The van der Waals surface area contributed by atoms with Crippen molar-refractivity contribution in [3.05, 3.63) is 35.9 Å². The quantitative estimate of drug-likeness (QED) is 0.730. The predicted octanol–water partition coefficient (Wildman–Crippen LogP) is 4.02. The van der Waals surface area contributed by atoms with Crippen LogP contribution < -0.4 is 0 Å². The second kappa shape index (κ2) is 7.58. The van der Waals surface area contributed by atoms with Gasteiger partial charge in [0.2, 0.25) is 0 Å². The molecule has 1 aliphatic carbocycles. The average Bonchev–Trinajstić information content (AvgIpc) is 2.48. The summed E-state index contributed by atoms with van der Waals surface area (Å²) in [6.07, 6.45) is 6.91. The third-order valence-corrected chi connectivity index (χ3v) is 4.39. The van der Waals surface area contributed by atoms with Gasteiger partial charge in [-0.05, 0) is 25.8 Å². The zero-order valence-electron chi connectivity index (χ0n) is 12.8. The summed E-state index contributed by atoms with van der Waals surface area (Å²) < 4.78 is 0. The Hall–Kier alpha value is -1.15. The number of nitrogens with zero attached hydrogens (tertiary/aromatic N) is 1. The van der Waals surface area contributed by atoms with Crippen molar-refractivity contribution in [3.8, 4) is 0 Å². The second-order valence-corrected chi connectivity index (χ2v) is 6.36. The van der Waals surface area contributed by atoms with E-state index in [1.54, 1.807) is 0 Å². The minimum Gasteiger partial charge on any atom is -0.305 e. The molecule has 0 heterocycles. The minimum atomic E-state index is 0.0750. The SMILES string of the molecule is CC(CN(C)CC1CCCCC1)C(=O)c1ccccc1. The highest BCUT2D eigenvalue weighted by atomic mass is 16.1. The second-order valence-electron chi connectivity index (χ2n) is 6.36. The van der Waals surface area contributed by atoms with Crippen LogP contribution in [0, 0.1) is 11.8 Å². The molecular formula is C18H27NO. The van der Waals surface area contributed by atoms with E-state index in [-0.39, 0.29) is 11.7 Å². The minimum absolute atomic E-state index is 0.0750. The smallest absolute Gasteiger partial charge is 0.166 e. The molecule has 1 unspecified atom stereocenters. The van der Waals surface area contributed by atoms with E-state index in [1.807, 2.05) is 37.3 Å². The lowest BCUT2D eigenvalue weighted by molar-refractivity contribution is 0.0894. The summed E-state index contributed by atoms with van der Waals surface area (Å²) in [4.78, 5) is 14.7. The van der Waals surface area contributed by atoms with Crippen LogP contribution in [0.25, 0.3) is 0 Å². The summed E-state index contributed by atoms with van der Waals surface area (Å²) in [5.74, 6) is 1.18. The zero-order valence-corrected chi connectivity index (χ0v) is 12.8. The Bertz CT molecular complexity index is 409. The standard InChI is InChI=1S/C18H27NO/c1-15(18(20)17-11-7-4-8-12-17)13-19(2)14-16-9-5-3-6-10-16/h4,7-8,11-12,15-16H,3,5-6,9-10,13-14H2,1-2H3. The molecule has 1 saturated carbocycles. The number of hydrogen-bond donors (Lipinski definition) is 0. The van der Waals surface area contributed by atoms with Crippen LogP contribution in [0.4, 0.5) is 0 Å². The summed E-state index contributed by atoms with van der Waals surface area (Å²) in [6.45, 7) is 4.06. The molecule has 0 aromatic heterocycles. The molecule has 0 radical (unpaired) electrons. The number of Topliss-reactive ketones (excluding diaryl/α,β-unsaturated/α-hetero) is 1. The van der Waals surface area contributed by atoms with Gasteiger partial charge in [0.05, 0.1) is 0 Å². The first kappa shape index (κ1) is 15.2. The molecule has 0 amide bonds. The molecule has 0 bridgehead atoms. The highest BCUT2D eigenvalue weighted by Gasteiger charge is 2.20. The van der Waals surface area contributed by atoms with E-state index in [0.29, 0.717) is 0 Å². The number of ketones is 1. The number of carbonyl (C=O) groups excluding carboxylic acids is 1. The lowest BCUT2D eigenvalue weighted by Crippen LogP contribution is -2.33. The Balaban J connectivity index is 1.81. The van der Waals surface area contributed by atoms with Crippen LogP contribution in [0.5, 0.6) is 0 Å². The van der Waals surface area contributed by atoms with Gasteiger partial charge in [-0.25, -0.2) is 0 Å². The summed E-state index contributed by atoms with van der Waals surface area (Å²) >= 11 is 0. The maximum Gasteiger partial charge on any atom is 0.166 e. The first-order valence-corrected chi connectivity index (χ1v) is 7.94.